The Morgan fingerprint density at radius 2 is 1.88 bits per heavy atom. The van der Waals surface area contributed by atoms with E-state index in [1.54, 1.807) is 11.8 Å². The van der Waals surface area contributed by atoms with Crippen molar-refractivity contribution in [3.05, 3.63) is 70.4 Å². The molecule has 0 fully saturated rings. The number of nitrogens with zero attached hydrogens (tertiary/aromatic N) is 3. The van der Waals surface area contributed by atoms with Gasteiger partial charge in [0.25, 0.3) is 5.91 Å². The molecule has 1 aliphatic rings. The lowest BCUT2D eigenvalue weighted by atomic mass is 10.1. The fraction of sp³-hybridized carbons (Fsp3) is 0.292. The van der Waals surface area contributed by atoms with Gasteiger partial charge >= 0.3 is 0 Å². The molecule has 3 aromatic rings. The Morgan fingerprint density at radius 1 is 1.06 bits per heavy atom. The summed E-state index contributed by atoms with van der Waals surface area (Å²) >= 11 is 1.56. The number of ether oxygens (including phenoxy) is 2. The van der Waals surface area contributed by atoms with Crippen LogP contribution in [0.2, 0.25) is 0 Å². The molecule has 2 aromatic carbocycles. The van der Waals surface area contributed by atoms with Crippen molar-refractivity contribution in [1.82, 2.24) is 15.3 Å². The predicted octanol–water partition coefficient (Wildman–Crippen LogP) is 4.11. The minimum atomic E-state index is -0.119. The first-order valence-corrected chi connectivity index (χ1v) is 11.3. The standard InChI is InChI=1S/C24H26N4O3S/c1-15-16(2)26-24(27-22(15)28(3)4)32-13-18-6-5-7-19(10-18)23(29)25-12-17-8-9-20-21(11-17)31-14-30-20/h5-11H,12-14H2,1-4H3,(H,25,29). The van der Waals surface area contributed by atoms with Gasteiger partial charge in [0, 0.05) is 43.2 Å². The summed E-state index contributed by atoms with van der Waals surface area (Å²) in [5, 5.41) is 3.70. The van der Waals surface area contributed by atoms with E-state index >= 15 is 0 Å². The third-order valence-electron chi connectivity index (χ3n) is 5.21. The maximum absolute atomic E-state index is 12.7. The Morgan fingerprint density at radius 3 is 2.69 bits per heavy atom. The zero-order valence-electron chi connectivity index (χ0n) is 18.6. The molecule has 0 aliphatic carbocycles. The third-order valence-corrected chi connectivity index (χ3v) is 6.13. The highest BCUT2D eigenvalue weighted by Crippen LogP contribution is 2.32. The zero-order valence-corrected chi connectivity index (χ0v) is 19.5. The molecule has 0 bridgehead atoms. The quantitative estimate of drug-likeness (QED) is 0.429. The molecule has 8 heteroatoms. The second-order valence-electron chi connectivity index (χ2n) is 7.79. The van der Waals surface area contributed by atoms with Gasteiger partial charge in [0.1, 0.15) is 5.82 Å². The summed E-state index contributed by atoms with van der Waals surface area (Å²) in [6.45, 7) is 4.68. The topological polar surface area (TPSA) is 76.6 Å². The number of rotatable bonds is 7. The number of amides is 1. The first kappa shape index (κ1) is 22.0. The zero-order chi connectivity index (χ0) is 22.7. The van der Waals surface area contributed by atoms with Gasteiger partial charge in [-0.05, 0) is 49.2 Å². The van der Waals surface area contributed by atoms with E-state index < -0.39 is 0 Å². The van der Waals surface area contributed by atoms with Crippen molar-refractivity contribution >= 4 is 23.5 Å². The minimum Gasteiger partial charge on any atom is -0.454 e. The van der Waals surface area contributed by atoms with Crippen molar-refractivity contribution < 1.29 is 14.3 Å². The van der Waals surface area contributed by atoms with E-state index in [0.29, 0.717) is 23.6 Å². The number of aromatic nitrogens is 2. The fourth-order valence-electron chi connectivity index (χ4n) is 3.37. The fourth-order valence-corrected chi connectivity index (χ4v) is 4.20. The largest absolute Gasteiger partial charge is 0.454 e. The van der Waals surface area contributed by atoms with Gasteiger partial charge in [0.05, 0.1) is 0 Å². The average molecular weight is 451 g/mol. The molecule has 0 unspecified atom stereocenters. The normalized spacial score (nSPS) is 12.0. The maximum Gasteiger partial charge on any atom is 0.251 e. The van der Waals surface area contributed by atoms with Gasteiger partial charge in [-0.1, -0.05) is 30.0 Å². The average Bonchev–Trinajstić information content (AvgIpc) is 3.26. The summed E-state index contributed by atoms with van der Waals surface area (Å²) in [7, 11) is 3.96. The molecule has 7 nitrogen and oxygen atoms in total. The van der Waals surface area contributed by atoms with E-state index in [-0.39, 0.29) is 12.7 Å². The Hall–Kier alpha value is -3.26. The highest BCUT2D eigenvalue weighted by molar-refractivity contribution is 7.98. The summed E-state index contributed by atoms with van der Waals surface area (Å²) in [4.78, 5) is 24.0. The number of aryl methyl sites for hydroxylation is 1. The van der Waals surface area contributed by atoms with Crippen molar-refractivity contribution in [2.75, 3.05) is 25.8 Å². The van der Waals surface area contributed by atoms with Crippen LogP contribution < -0.4 is 19.7 Å². The van der Waals surface area contributed by atoms with Crippen molar-refractivity contribution in [3.8, 4) is 11.5 Å². The molecule has 0 saturated heterocycles. The second-order valence-corrected chi connectivity index (χ2v) is 8.74. The van der Waals surface area contributed by atoms with Crippen molar-refractivity contribution in [3.63, 3.8) is 0 Å². The number of hydrogen-bond acceptors (Lipinski definition) is 7. The van der Waals surface area contributed by atoms with Gasteiger partial charge in [0.15, 0.2) is 16.7 Å². The highest BCUT2D eigenvalue weighted by Gasteiger charge is 2.14. The van der Waals surface area contributed by atoms with Gasteiger partial charge < -0.3 is 19.7 Å². The van der Waals surface area contributed by atoms with Crippen molar-refractivity contribution in [2.45, 2.75) is 31.3 Å². The number of nitrogens with one attached hydrogen (secondary N) is 1. The van der Waals surface area contributed by atoms with Gasteiger partial charge in [-0.15, -0.1) is 0 Å². The first-order chi connectivity index (χ1) is 15.4. The minimum absolute atomic E-state index is 0.119. The Labute approximate surface area is 192 Å². The lowest BCUT2D eigenvalue weighted by Crippen LogP contribution is -2.22. The Kier molecular flexibility index (Phi) is 6.50. The lowest BCUT2D eigenvalue weighted by molar-refractivity contribution is 0.0950. The van der Waals surface area contributed by atoms with Crippen LogP contribution in [-0.4, -0.2) is 36.8 Å². The molecule has 1 aliphatic heterocycles. The number of benzene rings is 2. The summed E-state index contributed by atoms with van der Waals surface area (Å²) in [5.74, 6) is 2.93. The van der Waals surface area contributed by atoms with Crippen LogP contribution in [0.5, 0.6) is 11.5 Å². The van der Waals surface area contributed by atoms with Crippen LogP contribution in [0.15, 0.2) is 47.6 Å². The molecule has 2 heterocycles. The molecule has 166 valence electrons. The van der Waals surface area contributed by atoms with E-state index in [9.17, 15) is 4.79 Å². The SMILES string of the molecule is Cc1nc(SCc2cccc(C(=O)NCc3ccc4c(c3)OCO4)c2)nc(N(C)C)c1C. The van der Waals surface area contributed by atoms with E-state index in [1.807, 2.05) is 75.3 Å². The number of hydrogen-bond donors (Lipinski definition) is 1. The molecule has 0 radical (unpaired) electrons. The second kappa shape index (κ2) is 9.48. The molecular formula is C24H26N4O3S. The van der Waals surface area contributed by atoms with Gasteiger partial charge in [-0.2, -0.15) is 0 Å². The van der Waals surface area contributed by atoms with E-state index in [1.165, 1.54) is 0 Å². The van der Waals surface area contributed by atoms with E-state index in [0.717, 1.165) is 39.1 Å². The smallest absolute Gasteiger partial charge is 0.251 e. The third kappa shape index (κ3) is 4.96. The molecule has 0 spiro atoms. The molecule has 1 aromatic heterocycles. The number of anilines is 1. The highest BCUT2D eigenvalue weighted by atomic mass is 32.2. The van der Waals surface area contributed by atoms with Crippen LogP contribution in [0.1, 0.15) is 32.7 Å². The van der Waals surface area contributed by atoms with Crippen LogP contribution in [0.25, 0.3) is 0 Å². The summed E-state index contributed by atoms with van der Waals surface area (Å²) in [6, 6.07) is 13.3. The molecule has 4 rings (SSSR count). The molecule has 0 saturated carbocycles. The monoisotopic (exact) mass is 450 g/mol. The van der Waals surface area contributed by atoms with Crippen LogP contribution in [0.4, 0.5) is 5.82 Å². The number of carbonyl (C=O) groups is 1. The van der Waals surface area contributed by atoms with Crippen LogP contribution >= 0.6 is 11.8 Å². The number of carbonyl (C=O) groups excluding carboxylic acids is 1. The summed E-state index contributed by atoms with van der Waals surface area (Å²) in [6.07, 6.45) is 0. The molecule has 32 heavy (non-hydrogen) atoms. The molecule has 1 N–H and O–H groups in total. The first-order valence-electron chi connectivity index (χ1n) is 10.3. The molecule has 1 amide bonds. The van der Waals surface area contributed by atoms with Crippen molar-refractivity contribution in [2.24, 2.45) is 0 Å². The Balaban J connectivity index is 1.38. The van der Waals surface area contributed by atoms with Crippen LogP contribution in [0, 0.1) is 13.8 Å². The van der Waals surface area contributed by atoms with E-state index in [2.05, 4.69) is 15.3 Å². The predicted molar refractivity (Wildman–Crippen MR) is 126 cm³/mol. The van der Waals surface area contributed by atoms with Gasteiger partial charge in [-0.3, -0.25) is 4.79 Å². The number of fused-ring (bicyclic) bond motifs is 1. The van der Waals surface area contributed by atoms with Crippen LogP contribution in [-0.2, 0) is 12.3 Å². The van der Waals surface area contributed by atoms with Crippen molar-refractivity contribution in [1.29, 1.82) is 0 Å². The van der Waals surface area contributed by atoms with Gasteiger partial charge in [-0.25, -0.2) is 9.97 Å². The lowest BCUT2D eigenvalue weighted by Gasteiger charge is -2.16. The summed E-state index contributed by atoms with van der Waals surface area (Å²) < 4.78 is 10.7. The Bertz CT molecular complexity index is 1150. The van der Waals surface area contributed by atoms with Gasteiger partial charge in [0.2, 0.25) is 6.79 Å². The van der Waals surface area contributed by atoms with E-state index in [4.69, 9.17) is 9.47 Å². The van der Waals surface area contributed by atoms with Crippen LogP contribution in [0.3, 0.4) is 0 Å². The molecule has 0 atom stereocenters. The number of thioether (sulfide) groups is 1. The maximum atomic E-state index is 12.7. The molecular weight excluding hydrogens is 424 g/mol. The summed E-state index contributed by atoms with van der Waals surface area (Å²) in [5.41, 5.74) is 4.68.